The van der Waals surface area contributed by atoms with Crippen molar-refractivity contribution in [1.29, 1.82) is 0 Å². The fraction of sp³-hybridized carbons (Fsp3) is 0.0870. The summed E-state index contributed by atoms with van der Waals surface area (Å²) in [6.45, 7) is 1.71. The van der Waals surface area contributed by atoms with Crippen LogP contribution in [0.1, 0.15) is 5.69 Å². The van der Waals surface area contributed by atoms with Gasteiger partial charge in [-0.2, -0.15) is 8.42 Å². The first-order chi connectivity index (χ1) is 15.6. The molecule has 33 heavy (non-hydrogen) atoms. The van der Waals surface area contributed by atoms with Gasteiger partial charge in [-0.25, -0.2) is 10.5 Å². The van der Waals surface area contributed by atoms with E-state index in [-0.39, 0.29) is 16.1 Å². The van der Waals surface area contributed by atoms with E-state index in [1.54, 1.807) is 23.7 Å². The number of hydrogen-bond donors (Lipinski definition) is 3. The quantitative estimate of drug-likeness (QED) is 0.238. The third-order valence-corrected chi connectivity index (χ3v) is 5.91. The van der Waals surface area contributed by atoms with Gasteiger partial charge in [0.25, 0.3) is 15.7 Å². The van der Waals surface area contributed by atoms with Gasteiger partial charge in [-0.05, 0) is 55.5 Å². The number of anilines is 3. The van der Waals surface area contributed by atoms with Crippen molar-refractivity contribution in [2.75, 3.05) is 10.7 Å². The number of nitrogens with two attached hydrogens (primary N) is 2. The summed E-state index contributed by atoms with van der Waals surface area (Å²) in [6.07, 6.45) is 0. The van der Waals surface area contributed by atoms with Gasteiger partial charge >= 0.3 is 0 Å². The zero-order valence-corrected chi connectivity index (χ0v) is 19.0. The SMILES string of the molecule is Cc1c(N)c(=O)n(-c2ccc(S(=O)(=O)O)cc2)n1C.NN(c1ccccc1)c1ccccc1. The number of nitrogen functional groups attached to an aromatic ring is 1. The molecule has 0 saturated heterocycles. The highest BCUT2D eigenvalue weighted by Gasteiger charge is 2.14. The van der Waals surface area contributed by atoms with Crippen molar-refractivity contribution < 1.29 is 13.0 Å². The molecule has 4 rings (SSSR count). The summed E-state index contributed by atoms with van der Waals surface area (Å²) in [5.41, 5.74) is 8.46. The Labute approximate surface area is 191 Å². The summed E-state index contributed by atoms with van der Waals surface area (Å²) in [6, 6.07) is 25.0. The maximum atomic E-state index is 11.9. The van der Waals surface area contributed by atoms with E-state index < -0.39 is 10.1 Å². The van der Waals surface area contributed by atoms with E-state index in [0.29, 0.717) is 11.4 Å². The Morgan fingerprint density at radius 3 is 1.67 bits per heavy atom. The van der Waals surface area contributed by atoms with E-state index in [1.807, 2.05) is 60.7 Å². The van der Waals surface area contributed by atoms with Crippen molar-refractivity contribution in [2.24, 2.45) is 12.9 Å². The van der Waals surface area contributed by atoms with Crippen LogP contribution in [-0.2, 0) is 17.2 Å². The van der Waals surface area contributed by atoms with Gasteiger partial charge in [-0.3, -0.25) is 19.0 Å². The molecule has 0 radical (unpaired) electrons. The smallest absolute Gasteiger partial charge is 0.294 e. The Kier molecular flexibility index (Phi) is 7.02. The average Bonchev–Trinajstić information content (AvgIpc) is 3.02. The lowest BCUT2D eigenvalue weighted by Gasteiger charge is -2.18. The zero-order valence-electron chi connectivity index (χ0n) is 18.2. The molecule has 9 nitrogen and oxygen atoms in total. The Morgan fingerprint density at radius 1 is 0.848 bits per heavy atom. The van der Waals surface area contributed by atoms with E-state index in [4.69, 9.17) is 16.1 Å². The molecule has 172 valence electrons. The molecule has 1 heterocycles. The summed E-state index contributed by atoms with van der Waals surface area (Å²) in [4.78, 5) is 11.7. The van der Waals surface area contributed by atoms with Crippen molar-refractivity contribution in [3.63, 3.8) is 0 Å². The minimum atomic E-state index is -4.24. The number of benzene rings is 3. The minimum Gasteiger partial charge on any atom is -0.393 e. The third kappa shape index (κ3) is 5.32. The van der Waals surface area contributed by atoms with Gasteiger partial charge in [0.05, 0.1) is 27.7 Å². The topological polar surface area (TPSA) is 137 Å². The monoisotopic (exact) mass is 467 g/mol. The van der Waals surface area contributed by atoms with Gasteiger partial charge in [0.2, 0.25) is 0 Å². The van der Waals surface area contributed by atoms with Crippen molar-refractivity contribution >= 4 is 27.2 Å². The number of aromatic nitrogens is 2. The van der Waals surface area contributed by atoms with Gasteiger partial charge in [-0.1, -0.05) is 36.4 Å². The van der Waals surface area contributed by atoms with E-state index in [0.717, 1.165) is 11.4 Å². The molecule has 0 atom stereocenters. The van der Waals surface area contributed by atoms with Gasteiger partial charge in [-0.15, -0.1) is 0 Å². The minimum absolute atomic E-state index is 0.140. The van der Waals surface area contributed by atoms with Crippen LogP contribution in [0.25, 0.3) is 5.69 Å². The Balaban J connectivity index is 0.000000194. The molecule has 10 heteroatoms. The second-order valence-corrected chi connectivity index (χ2v) is 8.57. The van der Waals surface area contributed by atoms with Crippen LogP contribution in [0.4, 0.5) is 17.1 Å². The van der Waals surface area contributed by atoms with Crippen molar-refractivity contribution in [2.45, 2.75) is 11.8 Å². The van der Waals surface area contributed by atoms with Gasteiger partial charge in [0.1, 0.15) is 5.69 Å². The number of rotatable bonds is 4. The number of nitrogens with zero attached hydrogens (tertiary/aromatic N) is 3. The summed E-state index contributed by atoms with van der Waals surface area (Å²) < 4.78 is 33.6. The van der Waals surface area contributed by atoms with Gasteiger partial charge in [0.15, 0.2) is 0 Å². The van der Waals surface area contributed by atoms with E-state index in [2.05, 4.69) is 0 Å². The van der Waals surface area contributed by atoms with Crippen LogP contribution >= 0.6 is 0 Å². The summed E-state index contributed by atoms with van der Waals surface area (Å²) in [5, 5.41) is 1.67. The highest BCUT2D eigenvalue weighted by atomic mass is 32.2. The fourth-order valence-corrected chi connectivity index (χ4v) is 3.59. The molecule has 0 fully saturated rings. The third-order valence-electron chi connectivity index (χ3n) is 5.05. The molecule has 0 aliphatic heterocycles. The van der Waals surface area contributed by atoms with Crippen molar-refractivity contribution in [3.8, 4) is 5.69 Å². The van der Waals surface area contributed by atoms with Gasteiger partial charge in [0, 0.05) is 7.05 Å². The summed E-state index contributed by atoms with van der Waals surface area (Å²) >= 11 is 0. The number of hydrazine groups is 1. The first kappa shape index (κ1) is 23.8. The second-order valence-electron chi connectivity index (χ2n) is 7.15. The molecule has 0 amide bonds. The van der Waals surface area contributed by atoms with Crippen molar-refractivity contribution in [3.05, 3.63) is 101 Å². The highest BCUT2D eigenvalue weighted by molar-refractivity contribution is 7.85. The van der Waals surface area contributed by atoms with Crippen LogP contribution in [0.2, 0.25) is 0 Å². The van der Waals surface area contributed by atoms with Gasteiger partial charge < -0.3 is 5.73 Å². The van der Waals surface area contributed by atoms with Crippen LogP contribution in [0.3, 0.4) is 0 Å². The van der Waals surface area contributed by atoms with Crippen LogP contribution < -0.4 is 22.1 Å². The zero-order chi connectivity index (χ0) is 24.2. The lowest BCUT2D eigenvalue weighted by atomic mass is 10.2. The first-order valence-electron chi connectivity index (χ1n) is 9.88. The largest absolute Gasteiger partial charge is 0.393 e. The molecule has 5 N–H and O–H groups in total. The molecule has 0 aliphatic carbocycles. The Bertz CT molecular complexity index is 1340. The molecular weight excluding hydrogens is 442 g/mol. The first-order valence-corrected chi connectivity index (χ1v) is 11.3. The Morgan fingerprint density at radius 2 is 1.30 bits per heavy atom. The van der Waals surface area contributed by atoms with E-state index in [9.17, 15) is 13.2 Å². The molecule has 0 bridgehead atoms. The predicted octanol–water partition coefficient (Wildman–Crippen LogP) is 3.01. The number of para-hydroxylation sites is 2. The maximum Gasteiger partial charge on any atom is 0.294 e. The molecule has 1 aromatic heterocycles. The van der Waals surface area contributed by atoms with Crippen LogP contribution in [0.5, 0.6) is 0 Å². The maximum absolute atomic E-state index is 11.9. The fourth-order valence-electron chi connectivity index (χ4n) is 3.11. The Hall–Kier alpha value is -3.86. The summed E-state index contributed by atoms with van der Waals surface area (Å²) in [5.74, 6) is 5.95. The standard InChI is InChI=1S/C12H12N2.C11H13N3O4S/c13-14(11-7-3-1-4-8-11)12-9-5-2-6-10-12;1-7-10(12)11(15)14(13(7)2)8-3-5-9(6-4-8)19(16,17)18/h1-10H,13H2;3-6H,12H2,1-2H3,(H,16,17,18). The second kappa shape index (κ2) is 9.74. The lowest BCUT2D eigenvalue weighted by Crippen LogP contribution is -2.24. The van der Waals surface area contributed by atoms with Crippen LogP contribution in [-0.4, -0.2) is 22.3 Å². The van der Waals surface area contributed by atoms with Crippen LogP contribution in [0.15, 0.2) is 94.6 Å². The average molecular weight is 468 g/mol. The number of hydrogen-bond acceptors (Lipinski definition) is 6. The van der Waals surface area contributed by atoms with E-state index >= 15 is 0 Å². The summed E-state index contributed by atoms with van der Waals surface area (Å²) in [7, 11) is -2.57. The molecule has 0 saturated carbocycles. The predicted molar refractivity (Wildman–Crippen MR) is 129 cm³/mol. The van der Waals surface area contributed by atoms with Crippen LogP contribution in [0, 0.1) is 6.92 Å². The van der Waals surface area contributed by atoms with Crippen molar-refractivity contribution in [1.82, 2.24) is 9.36 Å². The molecular formula is C23H25N5O4S. The highest BCUT2D eigenvalue weighted by Crippen LogP contribution is 2.20. The molecule has 0 aliphatic rings. The molecule has 3 aromatic carbocycles. The normalized spacial score (nSPS) is 10.9. The lowest BCUT2D eigenvalue weighted by molar-refractivity contribution is 0.483. The molecule has 4 aromatic rings. The molecule has 0 spiro atoms. The van der Waals surface area contributed by atoms with E-state index in [1.165, 1.54) is 28.9 Å². The molecule has 0 unspecified atom stereocenters.